The number of piperazine rings is 1. The van der Waals surface area contributed by atoms with E-state index in [1.165, 1.54) is 27.6 Å². The molecular weight excluding hydrogens is 570 g/mol. The first-order chi connectivity index (χ1) is 20.2. The van der Waals surface area contributed by atoms with Crippen LogP contribution in [0, 0.1) is 13.8 Å². The second-order valence-corrected chi connectivity index (χ2v) is 12.7. The maximum Gasteiger partial charge on any atom is 0.262 e. The Morgan fingerprint density at radius 2 is 1.36 bits per heavy atom. The van der Waals surface area contributed by atoms with E-state index in [9.17, 15) is 13.2 Å². The van der Waals surface area contributed by atoms with Crippen LogP contribution in [0.4, 0.5) is 5.69 Å². The summed E-state index contributed by atoms with van der Waals surface area (Å²) >= 11 is 6.20. The number of ether oxygens (including phenoxy) is 1. The van der Waals surface area contributed by atoms with Gasteiger partial charge in [0.05, 0.1) is 10.9 Å². The van der Waals surface area contributed by atoms with E-state index in [0.717, 1.165) is 11.1 Å². The van der Waals surface area contributed by atoms with Gasteiger partial charge in [-0.3, -0.25) is 9.69 Å². The zero-order valence-electron chi connectivity index (χ0n) is 23.7. The first-order valence-electron chi connectivity index (χ1n) is 13.9. The van der Waals surface area contributed by atoms with Gasteiger partial charge in [0, 0.05) is 36.9 Å². The summed E-state index contributed by atoms with van der Waals surface area (Å²) in [6.07, 6.45) is 0. The van der Waals surface area contributed by atoms with E-state index >= 15 is 0 Å². The Morgan fingerprint density at radius 1 is 0.833 bits per heavy atom. The van der Waals surface area contributed by atoms with Crippen molar-refractivity contribution in [1.29, 1.82) is 0 Å². The molecule has 1 saturated heterocycles. The molecule has 1 amide bonds. The van der Waals surface area contributed by atoms with Crippen molar-refractivity contribution in [1.82, 2.24) is 9.21 Å². The fourth-order valence-corrected chi connectivity index (χ4v) is 6.81. The van der Waals surface area contributed by atoms with Crippen LogP contribution in [0.1, 0.15) is 28.3 Å². The summed E-state index contributed by atoms with van der Waals surface area (Å²) in [4.78, 5) is 15.0. The number of sulfonamides is 1. The van der Waals surface area contributed by atoms with Crippen LogP contribution < -0.4 is 10.1 Å². The van der Waals surface area contributed by atoms with Crippen molar-refractivity contribution < 1.29 is 17.9 Å². The molecule has 1 N–H and O–H groups in total. The first-order valence-corrected chi connectivity index (χ1v) is 15.7. The Bertz CT molecular complexity index is 1560. The van der Waals surface area contributed by atoms with Crippen LogP contribution >= 0.6 is 11.6 Å². The van der Waals surface area contributed by atoms with E-state index in [0.29, 0.717) is 42.6 Å². The van der Waals surface area contributed by atoms with E-state index in [-0.39, 0.29) is 23.5 Å². The summed E-state index contributed by atoms with van der Waals surface area (Å²) in [5.41, 5.74) is 4.60. The molecule has 1 aliphatic rings. The lowest BCUT2D eigenvalue weighted by atomic mass is 9.96. The maximum absolute atomic E-state index is 13.5. The molecule has 4 aromatic carbocycles. The van der Waals surface area contributed by atoms with E-state index < -0.39 is 10.0 Å². The highest BCUT2D eigenvalue weighted by Gasteiger charge is 2.32. The van der Waals surface area contributed by atoms with Gasteiger partial charge in [0.15, 0.2) is 6.61 Å². The number of nitrogens with one attached hydrogen (secondary N) is 1. The molecule has 0 unspecified atom stereocenters. The van der Waals surface area contributed by atoms with Crippen LogP contribution in [0.15, 0.2) is 102 Å². The number of hydrogen-bond acceptors (Lipinski definition) is 5. The minimum absolute atomic E-state index is 0.0527. The fourth-order valence-electron chi connectivity index (χ4n) is 5.28. The molecule has 0 aliphatic carbocycles. The van der Waals surface area contributed by atoms with E-state index in [2.05, 4.69) is 34.5 Å². The zero-order valence-corrected chi connectivity index (χ0v) is 25.2. The molecule has 4 aromatic rings. The Kier molecular flexibility index (Phi) is 9.28. The van der Waals surface area contributed by atoms with Gasteiger partial charge in [-0.05, 0) is 72.5 Å². The number of rotatable bonds is 9. The molecule has 7 nitrogen and oxygen atoms in total. The lowest BCUT2D eigenvalue weighted by molar-refractivity contribution is -0.118. The molecule has 5 rings (SSSR count). The van der Waals surface area contributed by atoms with Gasteiger partial charge in [-0.2, -0.15) is 4.31 Å². The van der Waals surface area contributed by atoms with Gasteiger partial charge < -0.3 is 10.1 Å². The second-order valence-electron chi connectivity index (χ2n) is 10.4. The lowest BCUT2D eigenvalue weighted by Crippen LogP contribution is -2.49. The molecule has 1 heterocycles. The van der Waals surface area contributed by atoms with Crippen molar-refractivity contribution >= 4 is 33.2 Å². The minimum Gasteiger partial charge on any atom is -0.484 e. The summed E-state index contributed by atoms with van der Waals surface area (Å²) in [6.45, 7) is 5.56. The Hall–Kier alpha value is -3.69. The van der Waals surface area contributed by atoms with Crippen LogP contribution in [0.5, 0.6) is 5.75 Å². The van der Waals surface area contributed by atoms with Gasteiger partial charge in [0.2, 0.25) is 10.0 Å². The summed E-state index contributed by atoms with van der Waals surface area (Å²) in [5.74, 6) is 0.211. The monoisotopic (exact) mass is 603 g/mol. The number of hydrogen-bond donors (Lipinski definition) is 1. The molecule has 0 aromatic heterocycles. The third-order valence-electron chi connectivity index (χ3n) is 7.42. The molecule has 218 valence electrons. The highest BCUT2D eigenvalue weighted by atomic mass is 35.5. The van der Waals surface area contributed by atoms with Gasteiger partial charge in [0.25, 0.3) is 5.91 Å². The maximum atomic E-state index is 13.5. The van der Waals surface area contributed by atoms with Gasteiger partial charge >= 0.3 is 0 Å². The molecule has 42 heavy (non-hydrogen) atoms. The molecule has 0 spiro atoms. The average Bonchev–Trinajstić information content (AvgIpc) is 3.00. The predicted molar refractivity (Wildman–Crippen MR) is 167 cm³/mol. The van der Waals surface area contributed by atoms with Crippen molar-refractivity contribution in [2.24, 2.45) is 0 Å². The van der Waals surface area contributed by atoms with Crippen LogP contribution in [-0.2, 0) is 14.8 Å². The normalized spacial score (nSPS) is 14.6. The summed E-state index contributed by atoms with van der Waals surface area (Å²) in [7, 11) is -3.69. The molecule has 0 saturated carbocycles. The fraction of sp³-hybridized carbons (Fsp3) is 0.242. The van der Waals surface area contributed by atoms with Gasteiger partial charge in [-0.15, -0.1) is 0 Å². The van der Waals surface area contributed by atoms with Crippen LogP contribution in [0.25, 0.3) is 0 Å². The number of nitrogens with zero attached hydrogens (tertiary/aromatic N) is 2. The Labute approximate surface area is 252 Å². The van der Waals surface area contributed by atoms with Crippen molar-refractivity contribution in [2.45, 2.75) is 24.8 Å². The topological polar surface area (TPSA) is 78.9 Å². The number of benzene rings is 4. The Balaban J connectivity index is 1.19. The highest BCUT2D eigenvalue weighted by molar-refractivity contribution is 7.89. The molecule has 0 radical (unpaired) electrons. The Morgan fingerprint density at radius 3 is 1.88 bits per heavy atom. The van der Waals surface area contributed by atoms with Gasteiger partial charge in [-0.1, -0.05) is 72.3 Å². The standard InChI is InChI=1S/C33H34ClN3O4S/c1-24-21-29(22-25(2)32(24)34)41-23-31(38)35-28-13-15-30(16-14-28)42(39,40)37-19-17-36(18-20-37)33(26-9-5-3-6-10-26)27-11-7-4-8-12-27/h3-16,21-22,33H,17-20,23H2,1-2H3,(H,35,38). The largest absolute Gasteiger partial charge is 0.484 e. The third kappa shape index (κ3) is 6.85. The molecular formula is C33H34ClN3O4S. The van der Waals surface area contributed by atoms with E-state index in [1.807, 2.05) is 50.2 Å². The van der Waals surface area contributed by atoms with Crippen molar-refractivity contribution in [3.63, 3.8) is 0 Å². The number of carbonyl (C=O) groups is 1. The quantitative estimate of drug-likeness (QED) is 0.251. The second kappa shape index (κ2) is 13.1. The summed E-state index contributed by atoms with van der Waals surface area (Å²) < 4.78 is 34.1. The van der Waals surface area contributed by atoms with Gasteiger partial charge in [-0.25, -0.2) is 8.42 Å². The van der Waals surface area contributed by atoms with Crippen molar-refractivity contribution in [3.05, 3.63) is 124 Å². The predicted octanol–water partition coefficient (Wildman–Crippen LogP) is 6.07. The van der Waals surface area contributed by atoms with Crippen LogP contribution in [0.3, 0.4) is 0 Å². The molecule has 9 heteroatoms. The number of anilines is 1. The zero-order chi connectivity index (χ0) is 29.7. The first kappa shape index (κ1) is 29.8. The van der Waals surface area contributed by atoms with E-state index in [1.54, 1.807) is 24.3 Å². The lowest BCUT2D eigenvalue weighted by Gasteiger charge is -2.39. The van der Waals surface area contributed by atoms with Crippen molar-refractivity contribution in [2.75, 3.05) is 38.1 Å². The number of aryl methyl sites for hydroxylation is 2. The number of halogens is 1. The number of carbonyl (C=O) groups excluding carboxylic acids is 1. The highest BCUT2D eigenvalue weighted by Crippen LogP contribution is 2.31. The minimum atomic E-state index is -3.69. The smallest absolute Gasteiger partial charge is 0.262 e. The number of amides is 1. The molecule has 1 fully saturated rings. The molecule has 0 atom stereocenters. The molecule has 0 bridgehead atoms. The third-order valence-corrected chi connectivity index (χ3v) is 9.93. The van der Waals surface area contributed by atoms with Crippen LogP contribution in [0.2, 0.25) is 5.02 Å². The summed E-state index contributed by atoms with van der Waals surface area (Å²) in [6, 6.07) is 30.5. The van der Waals surface area contributed by atoms with Gasteiger partial charge in [0.1, 0.15) is 5.75 Å². The summed E-state index contributed by atoms with van der Waals surface area (Å²) in [5, 5.41) is 3.43. The SMILES string of the molecule is Cc1cc(OCC(=O)Nc2ccc(S(=O)(=O)N3CCN(C(c4ccccc4)c4ccccc4)CC3)cc2)cc(C)c1Cl. The average molecular weight is 604 g/mol. The van der Waals surface area contributed by atoms with E-state index in [4.69, 9.17) is 16.3 Å². The van der Waals surface area contributed by atoms with Crippen LogP contribution in [-0.4, -0.2) is 56.3 Å². The molecule has 1 aliphatic heterocycles. The van der Waals surface area contributed by atoms with Crippen molar-refractivity contribution in [3.8, 4) is 5.75 Å².